The Hall–Kier alpha value is -3.18. The number of ether oxygens (including phenoxy) is 3. The summed E-state index contributed by atoms with van der Waals surface area (Å²) in [6.45, 7) is 10.7. The molecule has 2 aromatic heterocycles. The average Bonchev–Trinajstić information content (AvgIpc) is 3.48. The summed E-state index contributed by atoms with van der Waals surface area (Å²) < 4.78 is 21.0. The first-order chi connectivity index (χ1) is 17.8. The van der Waals surface area contributed by atoms with Crippen LogP contribution in [0.15, 0.2) is 24.7 Å². The molecule has 1 aliphatic rings. The number of fused-ring (bicyclic) bond motifs is 1. The van der Waals surface area contributed by atoms with Crippen molar-refractivity contribution in [3.8, 4) is 5.69 Å². The Kier molecular flexibility index (Phi) is 8.99. The monoisotopic (exact) mass is 513 g/mol. The highest BCUT2D eigenvalue weighted by molar-refractivity contribution is 5.93. The van der Waals surface area contributed by atoms with E-state index in [2.05, 4.69) is 38.1 Å². The van der Waals surface area contributed by atoms with E-state index in [4.69, 9.17) is 14.2 Å². The van der Waals surface area contributed by atoms with Crippen molar-refractivity contribution in [2.24, 2.45) is 0 Å². The molecule has 0 aliphatic carbocycles. The van der Waals surface area contributed by atoms with Gasteiger partial charge in [0.15, 0.2) is 6.23 Å². The smallest absolute Gasteiger partial charge is 0.407 e. The van der Waals surface area contributed by atoms with Crippen LogP contribution in [0.25, 0.3) is 16.6 Å². The van der Waals surface area contributed by atoms with E-state index >= 15 is 0 Å². The van der Waals surface area contributed by atoms with Crippen LogP contribution >= 0.6 is 0 Å². The highest BCUT2D eigenvalue weighted by atomic mass is 16.6. The topological polar surface area (TPSA) is 117 Å². The number of unbranched alkanes of at least 4 members (excludes halogenated alkanes) is 1. The fourth-order valence-corrected chi connectivity index (χ4v) is 4.30. The molecule has 11 nitrogen and oxygen atoms in total. The highest BCUT2D eigenvalue weighted by Gasteiger charge is 2.21. The van der Waals surface area contributed by atoms with E-state index in [1.165, 1.54) is 0 Å². The SMILES string of the molecule is Cc1nncn1-c1cc(NCCOCCCCNC(=O)OC(C)(C)C)c2cnn(C3CCCCO3)c2c1. The van der Waals surface area contributed by atoms with Crippen molar-refractivity contribution in [3.05, 3.63) is 30.5 Å². The summed E-state index contributed by atoms with van der Waals surface area (Å²) in [5.74, 6) is 0.815. The number of anilines is 1. The van der Waals surface area contributed by atoms with Gasteiger partial charge in [-0.15, -0.1) is 10.2 Å². The zero-order chi connectivity index (χ0) is 26.3. The minimum atomic E-state index is -0.484. The molecule has 1 atom stereocenters. The third kappa shape index (κ3) is 7.42. The van der Waals surface area contributed by atoms with Gasteiger partial charge >= 0.3 is 6.09 Å². The third-order valence-electron chi connectivity index (χ3n) is 6.07. The van der Waals surface area contributed by atoms with Crippen molar-refractivity contribution in [1.82, 2.24) is 29.9 Å². The summed E-state index contributed by atoms with van der Waals surface area (Å²) in [5, 5.41) is 20.2. The second-order valence-corrected chi connectivity index (χ2v) is 10.3. The van der Waals surface area contributed by atoms with Gasteiger partial charge in [-0.3, -0.25) is 4.57 Å². The fraction of sp³-hybridized carbons (Fsp3) is 0.615. The van der Waals surface area contributed by atoms with E-state index in [0.29, 0.717) is 26.3 Å². The lowest BCUT2D eigenvalue weighted by Gasteiger charge is -2.23. The van der Waals surface area contributed by atoms with Crippen LogP contribution in [0.3, 0.4) is 0 Å². The van der Waals surface area contributed by atoms with E-state index in [1.54, 1.807) is 6.33 Å². The van der Waals surface area contributed by atoms with E-state index in [-0.39, 0.29) is 12.3 Å². The zero-order valence-corrected chi connectivity index (χ0v) is 22.3. The molecule has 37 heavy (non-hydrogen) atoms. The lowest BCUT2D eigenvalue weighted by atomic mass is 10.1. The van der Waals surface area contributed by atoms with Gasteiger partial charge in [0.1, 0.15) is 17.8 Å². The van der Waals surface area contributed by atoms with E-state index in [9.17, 15) is 4.79 Å². The first kappa shape index (κ1) is 26.9. The maximum Gasteiger partial charge on any atom is 0.407 e. The van der Waals surface area contributed by atoms with E-state index in [0.717, 1.165) is 66.8 Å². The van der Waals surface area contributed by atoms with Crippen LogP contribution in [0, 0.1) is 6.92 Å². The van der Waals surface area contributed by atoms with Gasteiger partial charge in [0.05, 0.1) is 24.0 Å². The molecule has 0 saturated carbocycles. The second-order valence-electron chi connectivity index (χ2n) is 10.3. The Morgan fingerprint density at radius 1 is 1.19 bits per heavy atom. The van der Waals surface area contributed by atoms with Crippen LogP contribution in [0.2, 0.25) is 0 Å². The number of alkyl carbamates (subject to hydrolysis) is 1. The van der Waals surface area contributed by atoms with Gasteiger partial charge < -0.3 is 24.8 Å². The standard InChI is InChI=1S/C26H39N7O4/c1-19-31-29-18-32(19)20-15-22(21-17-30-33(23(21)16-20)24-9-5-7-13-36-24)27-11-14-35-12-8-6-10-28-25(34)37-26(2,3)4/h15-18,24,27H,5-14H2,1-4H3,(H,28,34). The Labute approximate surface area is 217 Å². The number of hydrogen-bond acceptors (Lipinski definition) is 8. The predicted octanol–water partition coefficient (Wildman–Crippen LogP) is 4.36. The molecule has 4 rings (SSSR count). The van der Waals surface area contributed by atoms with Crippen molar-refractivity contribution in [1.29, 1.82) is 0 Å². The molecule has 1 aliphatic heterocycles. The third-order valence-corrected chi connectivity index (χ3v) is 6.07. The van der Waals surface area contributed by atoms with Gasteiger partial charge in [-0.05, 0) is 71.9 Å². The maximum atomic E-state index is 11.7. The molecule has 2 N–H and O–H groups in total. The zero-order valence-electron chi connectivity index (χ0n) is 22.3. The fourth-order valence-electron chi connectivity index (χ4n) is 4.30. The van der Waals surface area contributed by atoms with Crippen molar-refractivity contribution >= 4 is 22.7 Å². The number of nitrogens with one attached hydrogen (secondary N) is 2. The molecule has 202 valence electrons. The first-order valence-electron chi connectivity index (χ1n) is 13.1. The quantitative estimate of drug-likeness (QED) is 0.363. The van der Waals surface area contributed by atoms with Gasteiger partial charge in [0, 0.05) is 37.4 Å². The average molecular weight is 514 g/mol. The molecule has 1 saturated heterocycles. The molecule has 1 unspecified atom stereocenters. The summed E-state index contributed by atoms with van der Waals surface area (Å²) in [6.07, 6.45) is 8.05. The number of rotatable bonds is 11. The number of nitrogens with zero attached hydrogens (tertiary/aromatic N) is 5. The number of benzene rings is 1. The second kappa shape index (κ2) is 12.4. The lowest BCUT2D eigenvalue weighted by molar-refractivity contribution is -0.0366. The van der Waals surface area contributed by atoms with Crippen molar-refractivity contribution in [2.45, 2.75) is 71.6 Å². The summed E-state index contributed by atoms with van der Waals surface area (Å²) >= 11 is 0. The number of hydrogen-bond donors (Lipinski definition) is 2. The van der Waals surface area contributed by atoms with Gasteiger partial charge in [0.2, 0.25) is 0 Å². The van der Waals surface area contributed by atoms with Crippen LogP contribution in [-0.2, 0) is 14.2 Å². The predicted molar refractivity (Wildman–Crippen MR) is 141 cm³/mol. The largest absolute Gasteiger partial charge is 0.444 e. The number of aryl methyl sites for hydroxylation is 1. The van der Waals surface area contributed by atoms with Gasteiger partial charge in [-0.25, -0.2) is 9.48 Å². The maximum absolute atomic E-state index is 11.7. The van der Waals surface area contributed by atoms with Crippen LogP contribution in [0.4, 0.5) is 10.5 Å². The van der Waals surface area contributed by atoms with Crippen molar-refractivity contribution in [3.63, 3.8) is 0 Å². The van der Waals surface area contributed by atoms with Gasteiger partial charge in [-0.1, -0.05) is 0 Å². The number of aromatic nitrogens is 5. The van der Waals surface area contributed by atoms with Crippen molar-refractivity contribution in [2.75, 3.05) is 38.2 Å². The number of amides is 1. The Morgan fingerprint density at radius 3 is 2.78 bits per heavy atom. The summed E-state index contributed by atoms with van der Waals surface area (Å²) in [4.78, 5) is 11.7. The Balaban J connectivity index is 1.31. The van der Waals surface area contributed by atoms with Crippen LogP contribution in [-0.4, -0.2) is 69.1 Å². The molecule has 0 spiro atoms. The van der Waals surface area contributed by atoms with E-state index < -0.39 is 5.60 Å². The molecule has 1 aromatic carbocycles. The summed E-state index contributed by atoms with van der Waals surface area (Å²) in [7, 11) is 0. The highest BCUT2D eigenvalue weighted by Crippen LogP contribution is 2.32. The van der Waals surface area contributed by atoms with E-state index in [1.807, 2.05) is 43.1 Å². The minimum absolute atomic E-state index is 0.0514. The molecule has 11 heteroatoms. The lowest BCUT2D eigenvalue weighted by Crippen LogP contribution is -2.33. The van der Waals surface area contributed by atoms with Crippen LogP contribution < -0.4 is 10.6 Å². The number of carbonyl (C=O) groups excluding carboxylic acids is 1. The normalized spacial score (nSPS) is 16.2. The molecule has 0 radical (unpaired) electrons. The van der Waals surface area contributed by atoms with Gasteiger partial charge in [0.25, 0.3) is 0 Å². The summed E-state index contributed by atoms with van der Waals surface area (Å²) in [5.41, 5.74) is 2.47. The van der Waals surface area contributed by atoms with Gasteiger partial charge in [-0.2, -0.15) is 5.10 Å². The minimum Gasteiger partial charge on any atom is -0.444 e. The molecule has 1 fully saturated rings. The Bertz CT molecular complexity index is 1160. The van der Waals surface area contributed by atoms with Crippen LogP contribution in [0.5, 0.6) is 0 Å². The molecule has 1 amide bonds. The first-order valence-corrected chi connectivity index (χ1v) is 13.1. The molecular weight excluding hydrogens is 474 g/mol. The number of carbonyl (C=O) groups is 1. The molecule has 3 aromatic rings. The van der Waals surface area contributed by atoms with Crippen molar-refractivity contribution < 1.29 is 19.0 Å². The molecular formula is C26H39N7O4. The van der Waals surface area contributed by atoms with Crippen LogP contribution in [0.1, 0.15) is 64.9 Å². The Morgan fingerprint density at radius 2 is 2.05 bits per heavy atom. The molecule has 3 heterocycles. The molecule has 0 bridgehead atoms. The summed E-state index contributed by atoms with van der Waals surface area (Å²) in [6, 6.07) is 4.21.